The highest BCUT2D eigenvalue weighted by Gasteiger charge is 2.21. The predicted molar refractivity (Wildman–Crippen MR) is 91.5 cm³/mol. The number of benzene rings is 1. The molecule has 4 nitrogen and oxygen atoms in total. The van der Waals surface area contributed by atoms with Crippen molar-refractivity contribution in [2.75, 3.05) is 10.6 Å². The van der Waals surface area contributed by atoms with Crippen molar-refractivity contribution in [3.05, 3.63) is 47.7 Å². The summed E-state index contributed by atoms with van der Waals surface area (Å²) in [6.07, 6.45) is 1.66. The molecule has 0 radical (unpaired) electrons. The molecular weight excluding hydrogens is 274 g/mol. The lowest BCUT2D eigenvalue weighted by Crippen LogP contribution is -2.27. The number of carbonyl (C=O) groups excluding carboxylic acids is 1. The fourth-order valence-electron chi connectivity index (χ4n) is 1.87. The van der Waals surface area contributed by atoms with Crippen LogP contribution in [0.2, 0.25) is 0 Å². The van der Waals surface area contributed by atoms with Crippen molar-refractivity contribution in [2.24, 2.45) is 5.41 Å². The first-order valence-electron chi connectivity index (χ1n) is 7.37. The van der Waals surface area contributed by atoms with Gasteiger partial charge in [0, 0.05) is 11.1 Å². The molecule has 22 heavy (non-hydrogen) atoms. The maximum absolute atomic E-state index is 11.9. The largest absolute Gasteiger partial charge is 0.340 e. The minimum absolute atomic E-state index is 0.0236. The summed E-state index contributed by atoms with van der Waals surface area (Å²) >= 11 is 0. The number of nitrogens with one attached hydrogen (secondary N) is 2. The molecule has 2 rings (SSSR count). The zero-order valence-electron chi connectivity index (χ0n) is 13.8. The molecule has 0 aliphatic carbocycles. The van der Waals surface area contributed by atoms with Crippen molar-refractivity contribution in [1.29, 1.82) is 0 Å². The Bertz CT molecular complexity index is 670. The van der Waals surface area contributed by atoms with Crippen LogP contribution in [-0.2, 0) is 4.79 Å². The van der Waals surface area contributed by atoms with Crippen LogP contribution >= 0.6 is 0 Å². The predicted octanol–water partition coefficient (Wildman–Crippen LogP) is 4.43. The molecule has 0 bridgehead atoms. The highest BCUT2D eigenvalue weighted by Crippen LogP contribution is 2.22. The third-order valence-electron chi connectivity index (χ3n) is 3.36. The van der Waals surface area contributed by atoms with Crippen LogP contribution in [-0.4, -0.2) is 10.9 Å². The van der Waals surface area contributed by atoms with Crippen LogP contribution < -0.4 is 10.6 Å². The molecule has 4 heteroatoms. The Morgan fingerprint density at radius 3 is 2.41 bits per heavy atom. The maximum atomic E-state index is 11.9. The van der Waals surface area contributed by atoms with Gasteiger partial charge in [-0.2, -0.15) is 0 Å². The van der Waals surface area contributed by atoms with Crippen LogP contribution in [0.4, 0.5) is 17.2 Å². The smallest absolute Gasteiger partial charge is 0.229 e. The quantitative estimate of drug-likeness (QED) is 0.881. The summed E-state index contributed by atoms with van der Waals surface area (Å²) in [5, 5.41) is 6.16. The number of carbonyl (C=O) groups is 1. The summed E-state index contributed by atoms with van der Waals surface area (Å²) < 4.78 is 0. The average Bonchev–Trinajstić information content (AvgIpc) is 2.44. The summed E-state index contributed by atoms with van der Waals surface area (Å²) in [4.78, 5) is 16.3. The molecule has 116 valence electrons. The van der Waals surface area contributed by atoms with Crippen molar-refractivity contribution in [3.8, 4) is 0 Å². The first kappa shape index (κ1) is 16.0. The van der Waals surface area contributed by atoms with E-state index in [9.17, 15) is 4.79 Å². The van der Waals surface area contributed by atoms with Gasteiger partial charge in [-0.25, -0.2) is 4.98 Å². The number of rotatable bonds is 3. The third-order valence-corrected chi connectivity index (χ3v) is 3.36. The van der Waals surface area contributed by atoms with Gasteiger partial charge in [0.05, 0.1) is 11.9 Å². The van der Waals surface area contributed by atoms with Gasteiger partial charge in [0.1, 0.15) is 5.82 Å². The first-order chi connectivity index (χ1) is 10.3. The van der Waals surface area contributed by atoms with Gasteiger partial charge in [-0.05, 0) is 43.2 Å². The van der Waals surface area contributed by atoms with Crippen molar-refractivity contribution in [2.45, 2.75) is 34.6 Å². The second kappa shape index (κ2) is 6.18. The molecule has 0 saturated carbocycles. The SMILES string of the molecule is Cc1ccc(C)c(Nc2ccc(NC(=O)C(C)(C)C)cn2)c1. The molecule has 0 atom stereocenters. The molecule has 1 aromatic heterocycles. The first-order valence-corrected chi connectivity index (χ1v) is 7.37. The summed E-state index contributed by atoms with van der Waals surface area (Å²) in [5.74, 6) is 0.729. The molecule has 0 fully saturated rings. The zero-order chi connectivity index (χ0) is 16.3. The molecule has 1 heterocycles. The van der Waals surface area contributed by atoms with E-state index in [4.69, 9.17) is 0 Å². The molecule has 0 aliphatic rings. The third kappa shape index (κ3) is 4.07. The Morgan fingerprint density at radius 2 is 1.82 bits per heavy atom. The molecule has 2 N–H and O–H groups in total. The standard InChI is InChI=1S/C18H23N3O/c1-12-6-7-13(2)15(10-12)21-16-9-8-14(11-19-16)20-17(22)18(3,4)5/h6-11H,1-5H3,(H,19,21)(H,20,22). The number of pyridine rings is 1. The number of amides is 1. The van der Waals surface area contributed by atoms with Gasteiger partial charge >= 0.3 is 0 Å². The molecule has 2 aromatic rings. The van der Waals surface area contributed by atoms with Gasteiger partial charge in [-0.1, -0.05) is 32.9 Å². The Balaban J connectivity index is 2.09. The van der Waals surface area contributed by atoms with Gasteiger partial charge < -0.3 is 10.6 Å². The number of anilines is 3. The van der Waals surface area contributed by atoms with Crippen molar-refractivity contribution in [1.82, 2.24) is 4.98 Å². The lowest BCUT2D eigenvalue weighted by molar-refractivity contribution is -0.123. The van der Waals surface area contributed by atoms with Crippen molar-refractivity contribution in [3.63, 3.8) is 0 Å². The lowest BCUT2D eigenvalue weighted by Gasteiger charge is -2.17. The molecule has 1 amide bonds. The van der Waals surface area contributed by atoms with E-state index in [1.807, 2.05) is 32.9 Å². The summed E-state index contributed by atoms with van der Waals surface area (Å²) in [6.45, 7) is 9.76. The Morgan fingerprint density at radius 1 is 1.09 bits per heavy atom. The fourth-order valence-corrected chi connectivity index (χ4v) is 1.87. The number of nitrogens with zero attached hydrogens (tertiary/aromatic N) is 1. The molecule has 0 spiro atoms. The van der Waals surface area contributed by atoms with Gasteiger partial charge in [-0.3, -0.25) is 4.79 Å². The summed E-state index contributed by atoms with van der Waals surface area (Å²) in [7, 11) is 0. The number of aromatic nitrogens is 1. The Hall–Kier alpha value is -2.36. The second-order valence-corrected chi connectivity index (χ2v) is 6.58. The van der Waals surface area contributed by atoms with E-state index in [-0.39, 0.29) is 5.91 Å². The summed E-state index contributed by atoms with van der Waals surface area (Å²) in [6, 6.07) is 9.96. The average molecular weight is 297 g/mol. The van der Waals surface area contributed by atoms with E-state index in [0.717, 1.165) is 17.1 Å². The molecular formula is C18H23N3O. The molecule has 0 saturated heterocycles. The van der Waals surface area contributed by atoms with Crippen LogP contribution in [0.25, 0.3) is 0 Å². The monoisotopic (exact) mass is 297 g/mol. The number of aryl methyl sites for hydroxylation is 2. The molecule has 1 aromatic carbocycles. The number of hydrogen-bond acceptors (Lipinski definition) is 3. The Kier molecular flexibility index (Phi) is 4.50. The van der Waals surface area contributed by atoms with Crippen LogP contribution in [0.1, 0.15) is 31.9 Å². The zero-order valence-corrected chi connectivity index (χ0v) is 13.8. The van der Waals surface area contributed by atoms with Crippen LogP contribution in [0.5, 0.6) is 0 Å². The Labute approximate surface area is 132 Å². The van der Waals surface area contributed by atoms with Crippen molar-refractivity contribution >= 4 is 23.1 Å². The topological polar surface area (TPSA) is 54.0 Å². The van der Waals surface area contributed by atoms with Gasteiger partial charge in [0.25, 0.3) is 0 Å². The lowest BCUT2D eigenvalue weighted by atomic mass is 9.96. The summed E-state index contributed by atoms with van der Waals surface area (Å²) in [5.41, 5.74) is 3.68. The van der Waals surface area contributed by atoms with Crippen molar-refractivity contribution < 1.29 is 4.79 Å². The van der Waals surface area contributed by atoms with Crippen LogP contribution in [0.3, 0.4) is 0 Å². The van der Waals surface area contributed by atoms with Crippen LogP contribution in [0.15, 0.2) is 36.5 Å². The fraction of sp³-hybridized carbons (Fsp3) is 0.333. The molecule has 0 aliphatic heterocycles. The minimum atomic E-state index is -0.421. The highest BCUT2D eigenvalue weighted by molar-refractivity contribution is 5.94. The van der Waals surface area contributed by atoms with Gasteiger partial charge in [-0.15, -0.1) is 0 Å². The highest BCUT2D eigenvalue weighted by atomic mass is 16.2. The second-order valence-electron chi connectivity index (χ2n) is 6.58. The van der Waals surface area contributed by atoms with E-state index in [1.54, 1.807) is 6.20 Å². The minimum Gasteiger partial charge on any atom is -0.340 e. The van der Waals surface area contributed by atoms with E-state index in [1.165, 1.54) is 5.56 Å². The molecule has 0 unspecified atom stereocenters. The van der Waals surface area contributed by atoms with Gasteiger partial charge in [0.2, 0.25) is 5.91 Å². The van der Waals surface area contributed by atoms with E-state index in [2.05, 4.69) is 47.7 Å². The van der Waals surface area contributed by atoms with E-state index < -0.39 is 5.41 Å². The number of hydrogen-bond donors (Lipinski definition) is 2. The normalized spacial score (nSPS) is 11.1. The van der Waals surface area contributed by atoms with Crippen LogP contribution in [0, 0.1) is 19.3 Å². The maximum Gasteiger partial charge on any atom is 0.229 e. The van der Waals surface area contributed by atoms with E-state index in [0.29, 0.717) is 5.69 Å². The van der Waals surface area contributed by atoms with Gasteiger partial charge in [0.15, 0.2) is 0 Å². The van der Waals surface area contributed by atoms with E-state index >= 15 is 0 Å².